The molecule has 5 heterocycles. The molecule has 7 nitrogen and oxygen atoms in total. The lowest BCUT2D eigenvalue weighted by Gasteiger charge is -2.31. The minimum absolute atomic E-state index is 0.0182. The van der Waals surface area contributed by atoms with E-state index in [0.717, 1.165) is 25.0 Å². The van der Waals surface area contributed by atoms with Crippen LogP contribution in [0.1, 0.15) is 19.3 Å². The zero-order chi connectivity index (χ0) is 22.7. The van der Waals surface area contributed by atoms with Gasteiger partial charge in [-0.25, -0.2) is 18.2 Å². The van der Waals surface area contributed by atoms with Crippen LogP contribution in [0.5, 0.6) is 6.01 Å². The molecule has 4 fully saturated rings. The van der Waals surface area contributed by atoms with E-state index in [-0.39, 0.29) is 34.7 Å². The number of hydrogen-bond donors (Lipinski definition) is 0. The summed E-state index contributed by atoms with van der Waals surface area (Å²) < 4.78 is 54.1. The molecule has 1 saturated carbocycles. The van der Waals surface area contributed by atoms with Crippen LogP contribution in [0, 0.1) is 11.7 Å². The summed E-state index contributed by atoms with van der Waals surface area (Å²) in [5.74, 6) is -0.667. The van der Waals surface area contributed by atoms with Crippen LogP contribution in [0.25, 0.3) is 10.9 Å². The fraction of sp³-hybridized carbons (Fsp3) is 0.591. The van der Waals surface area contributed by atoms with Crippen molar-refractivity contribution in [1.29, 1.82) is 0 Å². The van der Waals surface area contributed by atoms with Gasteiger partial charge in [0.25, 0.3) is 0 Å². The quantitative estimate of drug-likeness (QED) is 0.620. The molecule has 4 aliphatic rings. The second kappa shape index (κ2) is 7.95. The molecule has 3 aliphatic heterocycles. The molecule has 0 radical (unpaired) electrons. The number of nitrogens with zero attached hydrogens (tertiary/aromatic N) is 5. The van der Waals surface area contributed by atoms with Crippen molar-refractivity contribution in [3.63, 3.8) is 0 Å². The van der Waals surface area contributed by atoms with Crippen molar-refractivity contribution >= 4 is 28.3 Å². The minimum atomic E-state index is -1.04. The molecule has 6 rings (SSSR count). The van der Waals surface area contributed by atoms with Crippen LogP contribution in [0.2, 0.25) is 5.15 Å². The average molecular weight is 482 g/mol. The fourth-order valence-electron chi connectivity index (χ4n) is 5.62. The van der Waals surface area contributed by atoms with Gasteiger partial charge in [-0.3, -0.25) is 4.90 Å². The third-order valence-corrected chi connectivity index (χ3v) is 7.63. The molecule has 0 N–H and O–H groups in total. The molecule has 0 aromatic carbocycles. The Balaban J connectivity index is 1.37. The van der Waals surface area contributed by atoms with Crippen LogP contribution in [0.4, 0.5) is 19.0 Å². The molecule has 2 aromatic rings. The van der Waals surface area contributed by atoms with E-state index in [1.165, 1.54) is 6.20 Å². The second-order valence-electron chi connectivity index (χ2n) is 9.30. The average Bonchev–Trinajstić information content (AvgIpc) is 3.17. The van der Waals surface area contributed by atoms with E-state index in [0.29, 0.717) is 50.3 Å². The van der Waals surface area contributed by atoms with Crippen molar-refractivity contribution in [2.24, 2.45) is 5.92 Å². The fourth-order valence-corrected chi connectivity index (χ4v) is 5.76. The molecule has 176 valence electrons. The first kappa shape index (κ1) is 21.4. The third-order valence-electron chi connectivity index (χ3n) is 7.37. The van der Waals surface area contributed by atoms with E-state index in [4.69, 9.17) is 21.1 Å². The van der Waals surface area contributed by atoms with Crippen molar-refractivity contribution in [2.75, 3.05) is 44.4 Å². The number of aromatic nitrogens is 3. The van der Waals surface area contributed by atoms with Gasteiger partial charge in [-0.15, -0.1) is 0 Å². The van der Waals surface area contributed by atoms with E-state index in [2.05, 4.69) is 19.9 Å². The number of alkyl halides is 1. The summed E-state index contributed by atoms with van der Waals surface area (Å²) in [4.78, 5) is 16.8. The third kappa shape index (κ3) is 3.45. The maximum absolute atomic E-state index is 14.9. The van der Waals surface area contributed by atoms with Crippen LogP contribution in [-0.2, 0) is 4.74 Å². The Morgan fingerprint density at radius 1 is 1.33 bits per heavy atom. The Bertz CT molecular complexity index is 1140. The van der Waals surface area contributed by atoms with Gasteiger partial charge in [-0.1, -0.05) is 11.6 Å². The maximum atomic E-state index is 14.9. The predicted molar refractivity (Wildman–Crippen MR) is 115 cm³/mol. The number of anilines is 1. The monoisotopic (exact) mass is 481 g/mol. The minimum Gasteiger partial charge on any atom is -0.461 e. The highest BCUT2D eigenvalue weighted by atomic mass is 35.5. The van der Waals surface area contributed by atoms with Gasteiger partial charge in [-0.2, -0.15) is 9.97 Å². The number of pyridine rings is 1. The lowest BCUT2D eigenvalue weighted by Crippen LogP contribution is -2.43. The molecule has 3 saturated heterocycles. The van der Waals surface area contributed by atoms with Crippen LogP contribution in [0.15, 0.2) is 18.1 Å². The summed E-state index contributed by atoms with van der Waals surface area (Å²) in [6.45, 7) is 2.84. The smallest absolute Gasteiger partial charge is 0.319 e. The van der Waals surface area contributed by atoms with Gasteiger partial charge in [0.05, 0.1) is 36.5 Å². The number of fused-ring (bicyclic) bond motifs is 3. The van der Waals surface area contributed by atoms with E-state index >= 15 is 0 Å². The highest BCUT2D eigenvalue weighted by Crippen LogP contribution is 2.45. The van der Waals surface area contributed by atoms with Crippen LogP contribution in [0.3, 0.4) is 0 Å². The molecule has 4 atom stereocenters. The summed E-state index contributed by atoms with van der Waals surface area (Å²) >= 11 is 5.92. The highest BCUT2D eigenvalue weighted by molar-refractivity contribution is 6.30. The summed E-state index contributed by atoms with van der Waals surface area (Å²) in [5, 5.41) is 0.0345. The van der Waals surface area contributed by atoms with Crippen molar-refractivity contribution in [3.05, 3.63) is 29.1 Å². The van der Waals surface area contributed by atoms with Gasteiger partial charge in [0.15, 0.2) is 11.0 Å². The number of hydrogen-bond acceptors (Lipinski definition) is 7. The summed E-state index contributed by atoms with van der Waals surface area (Å²) in [6, 6.07) is -0.413. The Morgan fingerprint density at radius 3 is 3.06 bits per heavy atom. The van der Waals surface area contributed by atoms with E-state index in [9.17, 15) is 13.2 Å². The van der Waals surface area contributed by atoms with Gasteiger partial charge in [0.1, 0.15) is 24.1 Å². The Labute approximate surface area is 193 Å². The standard InChI is InChI=1S/C22H23ClF3N5O2/c23-19-16(26)17-13(8-27-19)20(31-4-5-32-10-14-15(25)18(14)31)29-21(28-17)33-11-22-2-1-3-30(22)9-12(6-22)7-24/h7-8,14-15,18H,1-6,9-11H2/b12-7-/t14-,15-,18-,22-/m0/s1. The predicted octanol–water partition coefficient (Wildman–Crippen LogP) is 3.46. The van der Waals surface area contributed by atoms with Crippen molar-refractivity contribution in [2.45, 2.75) is 37.0 Å². The molecule has 2 aromatic heterocycles. The molecule has 0 spiro atoms. The lowest BCUT2D eigenvalue weighted by molar-refractivity contribution is 0.108. The molecular weight excluding hydrogens is 459 g/mol. The number of rotatable bonds is 4. The molecule has 1 aliphatic carbocycles. The van der Waals surface area contributed by atoms with Gasteiger partial charge in [0.2, 0.25) is 0 Å². The molecule has 0 amide bonds. The Kier molecular flexibility index (Phi) is 5.15. The normalized spacial score (nSPS) is 32.8. The van der Waals surface area contributed by atoms with Gasteiger partial charge in [0, 0.05) is 25.2 Å². The first-order valence-corrected chi connectivity index (χ1v) is 11.5. The number of halogens is 4. The maximum Gasteiger partial charge on any atom is 0.319 e. The van der Waals surface area contributed by atoms with E-state index in [1.807, 2.05) is 0 Å². The molecule has 0 unspecified atom stereocenters. The number of ether oxygens (including phenoxy) is 2. The highest BCUT2D eigenvalue weighted by Gasteiger charge is 2.56. The van der Waals surface area contributed by atoms with Crippen molar-refractivity contribution in [1.82, 2.24) is 19.9 Å². The summed E-state index contributed by atoms with van der Waals surface area (Å²) in [7, 11) is 0. The first-order valence-electron chi connectivity index (χ1n) is 11.2. The molecule has 11 heteroatoms. The van der Waals surface area contributed by atoms with E-state index < -0.39 is 18.0 Å². The van der Waals surface area contributed by atoms with Crippen molar-refractivity contribution < 1.29 is 22.6 Å². The summed E-state index contributed by atoms with van der Waals surface area (Å²) in [5.41, 5.74) is 0.386. The largest absolute Gasteiger partial charge is 0.461 e. The van der Waals surface area contributed by atoms with Crippen LogP contribution >= 0.6 is 11.6 Å². The van der Waals surface area contributed by atoms with Gasteiger partial charge < -0.3 is 14.4 Å². The zero-order valence-electron chi connectivity index (χ0n) is 17.8. The second-order valence-corrected chi connectivity index (χ2v) is 9.66. The van der Waals surface area contributed by atoms with Crippen LogP contribution < -0.4 is 9.64 Å². The van der Waals surface area contributed by atoms with Crippen molar-refractivity contribution in [3.8, 4) is 6.01 Å². The lowest BCUT2D eigenvalue weighted by atomic mass is 9.94. The Hall–Kier alpha value is -2.17. The van der Waals surface area contributed by atoms with Gasteiger partial charge in [-0.05, 0) is 31.4 Å². The van der Waals surface area contributed by atoms with Crippen LogP contribution in [-0.4, -0.2) is 77.1 Å². The Morgan fingerprint density at radius 2 is 2.21 bits per heavy atom. The topological polar surface area (TPSA) is 63.6 Å². The molecule has 33 heavy (non-hydrogen) atoms. The molecular formula is C22H23ClF3N5O2. The molecule has 0 bridgehead atoms. The first-order chi connectivity index (χ1) is 16.0. The SMILES string of the molecule is F/C=C1\CN2CCC[C@@]2(COc2nc(N3CCOC[C@H]4[C@H](F)[C@H]43)c3cnc(Cl)c(F)c3n2)C1. The van der Waals surface area contributed by atoms with Gasteiger partial charge >= 0.3 is 6.01 Å². The van der Waals surface area contributed by atoms with E-state index in [1.54, 1.807) is 4.90 Å². The summed E-state index contributed by atoms with van der Waals surface area (Å²) in [6.07, 6.45) is 3.48. The zero-order valence-corrected chi connectivity index (χ0v) is 18.6.